The lowest BCUT2D eigenvalue weighted by Gasteiger charge is -2.10. The van der Waals surface area contributed by atoms with Gasteiger partial charge in [0.15, 0.2) is 0 Å². The molecule has 1 unspecified atom stereocenters. The van der Waals surface area contributed by atoms with Gasteiger partial charge in [-0.2, -0.15) is 11.8 Å². The number of thiocarbonyl (C=S) groups is 1. The highest BCUT2D eigenvalue weighted by Gasteiger charge is 2.15. The zero-order chi connectivity index (χ0) is 11.4. The summed E-state index contributed by atoms with van der Waals surface area (Å²) >= 11 is 6.87. The molecule has 1 aliphatic rings. The number of nitrogens with two attached hydrogens (primary N) is 1. The van der Waals surface area contributed by atoms with Gasteiger partial charge in [0.05, 0.1) is 0 Å². The SMILES string of the molecule is NC(=S)c1ccnc(NCC2CCCS2)n1. The van der Waals surface area contributed by atoms with E-state index in [1.165, 1.54) is 18.6 Å². The van der Waals surface area contributed by atoms with Gasteiger partial charge in [-0.3, -0.25) is 0 Å². The van der Waals surface area contributed by atoms with Gasteiger partial charge < -0.3 is 11.1 Å². The van der Waals surface area contributed by atoms with Crippen LogP contribution in [0.4, 0.5) is 5.95 Å². The Morgan fingerprint density at radius 2 is 2.56 bits per heavy atom. The molecule has 3 N–H and O–H groups in total. The Morgan fingerprint density at radius 3 is 3.25 bits per heavy atom. The van der Waals surface area contributed by atoms with Crippen molar-refractivity contribution in [2.24, 2.45) is 5.73 Å². The van der Waals surface area contributed by atoms with Crippen molar-refractivity contribution in [1.82, 2.24) is 9.97 Å². The fourth-order valence-corrected chi connectivity index (χ4v) is 2.91. The predicted octanol–water partition coefficient (Wildman–Crippen LogP) is 1.42. The first-order valence-electron chi connectivity index (χ1n) is 5.24. The Bertz CT molecular complexity index is 377. The topological polar surface area (TPSA) is 63.8 Å². The van der Waals surface area contributed by atoms with Crippen molar-refractivity contribution in [2.45, 2.75) is 18.1 Å². The van der Waals surface area contributed by atoms with Crippen molar-refractivity contribution < 1.29 is 0 Å². The Hall–Kier alpha value is -0.880. The maximum atomic E-state index is 5.51. The second-order valence-electron chi connectivity index (χ2n) is 3.65. The number of nitrogens with one attached hydrogen (secondary N) is 1. The molecule has 2 heterocycles. The van der Waals surface area contributed by atoms with E-state index >= 15 is 0 Å². The first-order valence-corrected chi connectivity index (χ1v) is 6.70. The average molecular weight is 254 g/mol. The lowest BCUT2D eigenvalue weighted by atomic mass is 10.2. The van der Waals surface area contributed by atoms with Crippen LogP contribution in [0.1, 0.15) is 18.5 Å². The van der Waals surface area contributed by atoms with Gasteiger partial charge in [0.1, 0.15) is 10.7 Å². The van der Waals surface area contributed by atoms with Crippen molar-refractivity contribution in [1.29, 1.82) is 0 Å². The molecule has 0 bridgehead atoms. The smallest absolute Gasteiger partial charge is 0.223 e. The molecule has 0 saturated carbocycles. The molecule has 1 aromatic heterocycles. The number of anilines is 1. The summed E-state index contributed by atoms with van der Waals surface area (Å²) in [4.78, 5) is 8.68. The molecule has 86 valence electrons. The van der Waals surface area contributed by atoms with Crippen LogP contribution in [0, 0.1) is 0 Å². The molecule has 1 aliphatic heterocycles. The van der Waals surface area contributed by atoms with E-state index in [1.54, 1.807) is 12.3 Å². The minimum atomic E-state index is 0.306. The summed E-state index contributed by atoms with van der Waals surface area (Å²) in [6.07, 6.45) is 4.25. The maximum absolute atomic E-state index is 5.51. The zero-order valence-corrected chi connectivity index (χ0v) is 10.5. The summed E-state index contributed by atoms with van der Waals surface area (Å²) in [7, 11) is 0. The van der Waals surface area contributed by atoms with Gasteiger partial charge in [-0.05, 0) is 24.7 Å². The van der Waals surface area contributed by atoms with Gasteiger partial charge in [-0.15, -0.1) is 0 Å². The highest BCUT2D eigenvalue weighted by Crippen LogP contribution is 2.25. The van der Waals surface area contributed by atoms with E-state index in [4.69, 9.17) is 18.0 Å². The van der Waals surface area contributed by atoms with Crippen LogP contribution in [0.25, 0.3) is 0 Å². The number of nitrogens with zero attached hydrogens (tertiary/aromatic N) is 2. The third-order valence-corrected chi connectivity index (χ3v) is 4.03. The largest absolute Gasteiger partial charge is 0.388 e. The molecule has 0 aromatic carbocycles. The molecule has 0 aliphatic carbocycles. The molecule has 4 nitrogen and oxygen atoms in total. The molecule has 6 heteroatoms. The van der Waals surface area contributed by atoms with E-state index in [9.17, 15) is 0 Å². The number of hydrogen-bond donors (Lipinski definition) is 2. The minimum absolute atomic E-state index is 0.306. The second kappa shape index (κ2) is 5.45. The predicted molar refractivity (Wildman–Crippen MR) is 71.9 cm³/mol. The van der Waals surface area contributed by atoms with Gasteiger partial charge in [-0.25, -0.2) is 9.97 Å². The third kappa shape index (κ3) is 3.05. The lowest BCUT2D eigenvalue weighted by Crippen LogP contribution is -2.17. The molecule has 2 rings (SSSR count). The standard InChI is InChI=1S/C10H14N4S2/c11-9(15)8-3-4-12-10(14-8)13-6-7-2-1-5-16-7/h3-4,7H,1-2,5-6H2,(H2,11,15)(H,12,13,14). The molecule has 1 fully saturated rings. The molecule has 0 spiro atoms. The van der Waals surface area contributed by atoms with Crippen molar-refractivity contribution in [2.75, 3.05) is 17.6 Å². The molecule has 1 saturated heterocycles. The summed E-state index contributed by atoms with van der Waals surface area (Å²) < 4.78 is 0. The summed E-state index contributed by atoms with van der Waals surface area (Å²) in [6.45, 7) is 0.908. The normalized spacial score (nSPS) is 19.6. The number of aromatic nitrogens is 2. The van der Waals surface area contributed by atoms with Crippen molar-refractivity contribution in [3.05, 3.63) is 18.0 Å². The minimum Gasteiger partial charge on any atom is -0.388 e. The molecular formula is C10H14N4S2. The van der Waals surface area contributed by atoms with Crippen LogP contribution >= 0.6 is 24.0 Å². The van der Waals surface area contributed by atoms with Gasteiger partial charge in [-0.1, -0.05) is 12.2 Å². The van der Waals surface area contributed by atoms with Gasteiger partial charge in [0.2, 0.25) is 5.95 Å². The van der Waals surface area contributed by atoms with E-state index in [-0.39, 0.29) is 0 Å². The quantitative estimate of drug-likeness (QED) is 0.792. The van der Waals surface area contributed by atoms with Crippen LogP contribution < -0.4 is 11.1 Å². The van der Waals surface area contributed by atoms with Gasteiger partial charge in [0, 0.05) is 18.0 Å². The van der Waals surface area contributed by atoms with Crippen LogP contribution in [-0.4, -0.2) is 32.5 Å². The molecule has 1 aromatic rings. The first-order chi connectivity index (χ1) is 7.75. The molecule has 16 heavy (non-hydrogen) atoms. The second-order valence-corrected chi connectivity index (χ2v) is 5.49. The Balaban J connectivity index is 1.93. The molecular weight excluding hydrogens is 240 g/mol. The number of hydrogen-bond acceptors (Lipinski definition) is 5. The Morgan fingerprint density at radius 1 is 1.69 bits per heavy atom. The van der Waals surface area contributed by atoms with E-state index in [0.29, 0.717) is 21.9 Å². The van der Waals surface area contributed by atoms with E-state index in [0.717, 1.165) is 6.54 Å². The monoisotopic (exact) mass is 254 g/mol. The Labute approximate surface area is 104 Å². The first kappa shape index (κ1) is 11.6. The van der Waals surface area contributed by atoms with E-state index in [2.05, 4.69) is 15.3 Å². The van der Waals surface area contributed by atoms with Crippen LogP contribution in [-0.2, 0) is 0 Å². The lowest BCUT2D eigenvalue weighted by molar-refractivity contribution is 0.800. The average Bonchev–Trinajstić information content (AvgIpc) is 2.79. The maximum Gasteiger partial charge on any atom is 0.223 e. The van der Waals surface area contributed by atoms with Crippen LogP contribution in [0.3, 0.4) is 0 Å². The summed E-state index contributed by atoms with van der Waals surface area (Å²) in [6, 6.07) is 1.72. The molecule has 0 radical (unpaired) electrons. The van der Waals surface area contributed by atoms with E-state index in [1.807, 2.05) is 11.8 Å². The Kier molecular flexibility index (Phi) is 3.95. The third-order valence-electron chi connectivity index (χ3n) is 2.42. The number of thioether (sulfide) groups is 1. The van der Waals surface area contributed by atoms with Crippen LogP contribution in [0.2, 0.25) is 0 Å². The van der Waals surface area contributed by atoms with Crippen molar-refractivity contribution in [3.8, 4) is 0 Å². The summed E-state index contributed by atoms with van der Waals surface area (Å²) in [5, 5.41) is 3.90. The van der Waals surface area contributed by atoms with Gasteiger partial charge >= 0.3 is 0 Å². The van der Waals surface area contributed by atoms with Crippen molar-refractivity contribution >= 4 is 34.9 Å². The fraction of sp³-hybridized carbons (Fsp3) is 0.500. The summed E-state index contributed by atoms with van der Waals surface area (Å²) in [5.41, 5.74) is 6.13. The van der Waals surface area contributed by atoms with E-state index < -0.39 is 0 Å². The van der Waals surface area contributed by atoms with Crippen LogP contribution in [0.15, 0.2) is 12.3 Å². The van der Waals surface area contributed by atoms with Crippen LogP contribution in [0.5, 0.6) is 0 Å². The molecule has 1 atom stereocenters. The van der Waals surface area contributed by atoms with Crippen molar-refractivity contribution in [3.63, 3.8) is 0 Å². The number of rotatable bonds is 4. The fourth-order valence-electron chi connectivity index (χ4n) is 1.59. The highest BCUT2D eigenvalue weighted by atomic mass is 32.2. The molecule has 0 amide bonds. The highest BCUT2D eigenvalue weighted by molar-refractivity contribution is 8.00. The van der Waals surface area contributed by atoms with Gasteiger partial charge in [0.25, 0.3) is 0 Å². The summed E-state index contributed by atoms with van der Waals surface area (Å²) in [5.74, 6) is 1.87. The zero-order valence-electron chi connectivity index (χ0n) is 8.85.